The van der Waals surface area contributed by atoms with Crippen molar-refractivity contribution >= 4 is 22.6 Å². The summed E-state index contributed by atoms with van der Waals surface area (Å²) in [5, 5.41) is 4.12. The van der Waals surface area contributed by atoms with Crippen molar-refractivity contribution in [1.82, 2.24) is 15.3 Å². The van der Waals surface area contributed by atoms with E-state index in [1.165, 1.54) is 35.4 Å². The van der Waals surface area contributed by atoms with Gasteiger partial charge in [-0.05, 0) is 114 Å². The summed E-state index contributed by atoms with van der Waals surface area (Å²) in [6.07, 6.45) is 5.61. The van der Waals surface area contributed by atoms with Crippen molar-refractivity contribution in [2.75, 3.05) is 6.54 Å². The van der Waals surface area contributed by atoms with Gasteiger partial charge in [0.05, 0.1) is 5.52 Å². The molecule has 5 nitrogen and oxygen atoms in total. The third kappa shape index (κ3) is 8.94. The molecule has 0 spiro atoms. The highest BCUT2D eigenvalue weighted by molar-refractivity contribution is 5.97. The van der Waals surface area contributed by atoms with E-state index in [4.69, 9.17) is 4.98 Å². The number of carbonyl (C=O) groups is 2. The molecule has 0 aliphatic carbocycles. The summed E-state index contributed by atoms with van der Waals surface area (Å²) >= 11 is 0. The normalized spacial score (nSPS) is 11.5. The van der Waals surface area contributed by atoms with Crippen molar-refractivity contribution in [3.05, 3.63) is 131 Å². The number of Topliss-reactive ketones (excluding diaryl/α,β-unsaturated/α-hetero) is 1. The van der Waals surface area contributed by atoms with Crippen molar-refractivity contribution in [3.8, 4) is 11.1 Å². The van der Waals surface area contributed by atoms with E-state index in [0.717, 1.165) is 58.2 Å². The molecule has 0 aliphatic rings. The minimum Gasteiger partial charge on any atom is -0.356 e. The molecular weight excluding hydrogens is 573 g/mol. The molecule has 0 saturated carbocycles. The van der Waals surface area contributed by atoms with E-state index in [9.17, 15) is 14.0 Å². The molecule has 5 rings (SSSR count). The fraction of sp³-hybridized carbons (Fsp3) is 0.300. The number of benzene rings is 3. The van der Waals surface area contributed by atoms with E-state index in [1.54, 1.807) is 6.20 Å². The average molecular weight is 616 g/mol. The second-order valence-corrected chi connectivity index (χ2v) is 13.2. The minimum absolute atomic E-state index is 0.0616. The van der Waals surface area contributed by atoms with Crippen LogP contribution in [0.4, 0.5) is 4.39 Å². The number of fused-ring (bicyclic) bond motifs is 1. The molecule has 236 valence electrons. The van der Waals surface area contributed by atoms with E-state index < -0.39 is 0 Å². The molecule has 0 aliphatic heterocycles. The number of hydrogen-bond donors (Lipinski definition) is 1. The smallest absolute Gasteiger partial charge is 0.220 e. The summed E-state index contributed by atoms with van der Waals surface area (Å²) in [7, 11) is 0. The molecule has 0 saturated heterocycles. The van der Waals surface area contributed by atoms with Crippen LogP contribution >= 0.6 is 0 Å². The molecule has 0 radical (unpaired) electrons. The van der Waals surface area contributed by atoms with Gasteiger partial charge in [-0.25, -0.2) is 4.39 Å². The van der Waals surface area contributed by atoms with Crippen LogP contribution in [0.2, 0.25) is 0 Å². The van der Waals surface area contributed by atoms with Crippen molar-refractivity contribution in [2.45, 2.75) is 66.2 Å². The second-order valence-electron chi connectivity index (χ2n) is 13.2. The average Bonchev–Trinajstić information content (AvgIpc) is 3.03. The fourth-order valence-corrected chi connectivity index (χ4v) is 5.56. The van der Waals surface area contributed by atoms with Gasteiger partial charge in [0.2, 0.25) is 5.91 Å². The molecule has 6 heteroatoms. The lowest BCUT2D eigenvalue weighted by molar-refractivity contribution is -0.121. The lowest BCUT2D eigenvalue weighted by atomic mass is 9.92. The number of aromatic nitrogens is 2. The zero-order chi connectivity index (χ0) is 32.7. The number of hydrogen-bond acceptors (Lipinski definition) is 4. The van der Waals surface area contributed by atoms with Gasteiger partial charge in [0.25, 0.3) is 0 Å². The van der Waals surface area contributed by atoms with Gasteiger partial charge in [0.15, 0.2) is 5.78 Å². The van der Waals surface area contributed by atoms with Crippen LogP contribution in [0.5, 0.6) is 0 Å². The maximum Gasteiger partial charge on any atom is 0.220 e. The highest BCUT2D eigenvalue weighted by Gasteiger charge is 2.13. The number of nitrogens with one attached hydrogen (secondary N) is 1. The minimum atomic E-state index is -0.356. The third-order valence-corrected chi connectivity index (χ3v) is 8.32. The Labute approximate surface area is 271 Å². The van der Waals surface area contributed by atoms with Gasteiger partial charge in [0.1, 0.15) is 5.82 Å². The predicted octanol–water partition coefficient (Wildman–Crippen LogP) is 8.44. The highest BCUT2D eigenvalue weighted by atomic mass is 19.1. The number of nitrogens with zero attached hydrogens (tertiary/aromatic N) is 2. The van der Waals surface area contributed by atoms with Gasteiger partial charge in [0, 0.05) is 47.9 Å². The predicted molar refractivity (Wildman–Crippen MR) is 183 cm³/mol. The second kappa shape index (κ2) is 14.6. The van der Waals surface area contributed by atoms with Crippen LogP contribution in [0, 0.1) is 18.2 Å². The number of aryl methyl sites for hydroxylation is 4. The van der Waals surface area contributed by atoms with Gasteiger partial charge in [-0.2, -0.15) is 0 Å². The Morgan fingerprint density at radius 1 is 0.848 bits per heavy atom. The molecule has 2 aromatic heterocycles. The zero-order valence-corrected chi connectivity index (χ0v) is 27.2. The maximum atomic E-state index is 13.2. The van der Waals surface area contributed by atoms with Crippen LogP contribution < -0.4 is 5.32 Å². The molecule has 1 amide bonds. The third-order valence-electron chi connectivity index (χ3n) is 8.32. The Morgan fingerprint density at radius 2 is 1.63 bits per heavy atom. The largest absolute Gasteiger partial charge is 0.356 e. The Hall–Kier alpha value is -4.71. The first-order valence-electron chi connectivity index (χ1n) is 16.0. The SMILES string of the molecule is Cc1nc2ccc(-c3ccccc3CCc3ccc(CC(=O)c4ccc(F)cc4)cn3)cc2cc1CCC(=O)NCCC(C)(C)C. The first-order chi connectivity index (χ1) is 22.0. The first-order valence-corrected chi connectivity index (χ1v) is 16.0. The van der Waals surface area contributed by atoms with Crippen LogP contribution in [0.1, 0.15) is 72.0 Å². The molecule has 0 bridgehead atoms. The van der Waals surface area contributed by atoms with Gasteiger partial charge in [-0.1, -0.05) is 57.2 Å². The van der Waals surface area contributed by atoms with Gasteiger partial charge in [-0.3, -0.25) is 19.6 Å². The van der Waals surface area contributed by atoms with E-state index in [1.807, 2.05) is 19.1 Å². The lowest BCUT2D eigenvalue weighted by Gasteiger charge is -2.18. The number of carbonyl (C=O) groups excluding carboxylic acids is 2. The first kappa shape index (κ1) is 32.7. The number of amides is 1. The molecule has 1 N–H and O–H groups in total. The number of ketones is 1. The van der Waals surface area contributed by atoms with Gasteiger partial charge < -0.3 is 5.32 Å². The van der Waals surface area contributed by atoms with Crippen LogP contribution in [0.15, 0.2) is 91.1 Å². The quantitative estimate of drug-likeness (QED) is 0.143. The van der Waals surface area contributed by atoms with E-state index in [0.29, 0.717) is 24.9 Å². The molecule has 0 unspecified atom stereocenters. The van der Waals surface area contributed by atoms with E-state index in [2.05, 4.69) is 79.6 Å². The maximum absolute atomic E-state index is 13.2. The monoisotopic (exact) mass is 615 g/mol. The van der Waals surface area contributed by atoms with Crippen molar-refractivity contribution in [1.29, 1.82) is 0 Å². The molecule has 3 aromatic carbocycles. The van der Waals surface area contributed by atoms with E-state index in [-0.39, 0.29) is 29.3 Å². The Bertz CT molecular complexity index is 1820. The summed E-state index contributed by atoms with van der Waals surface area (Å²) in [6, 6.07) is 26.6. The summed E-state index contributed by atoms with van der Waals surface area (Å²) in [6.45, 7) is 9.24. The van der Waals surface area contributed by atoms with Crippen molar-refractivity contribution < 1.29 is 14.0 Å². The van der Waals surface area contributed by atoms with Crippen LogP contribution in [0.3, 0.4) is 0 Å². The Morgan fingerprint density at radius 3 is 2.37 bits per heavy atom. The van der Waals surface area contributed by atoms with Crippen LogP contribution in [0.25, 0.3) is 22.0 Å². The summed E-state index contributed by atoms with van der Waals surface area (Å²) < 4.78 is 13.2. The number of pyridine rings is 2. The topological polar surface area (TPSA) is 72.0 Å². The fourth-order valence-electron chi connectivity index (χ4n) is 5.56. The molecule has 46 heavy (non-hydrogen) atoms. The van der Waals surface area contributed by atoms with Crippen LogP contribution in [-0.4, -0.2) is 28.2 Å². The Balaban J connectivity index is 1.24. The molecular formula is C40H42FN3O2. The van der Waals surface area contributed by atoms with Gasteiger partial charge >= 0.3 is 0 Å². The van der Waals surface area contributed by atoms with Crippen molar-refractivity contribution in [3.63, 3.8) is 0 Å². The summed E-state index contributed by atoms with van der Waals surface area (Å²) in [4.78, 5) is 34.5. The number of halogens is 1. The summed E-state index contributed by atoms with van der Waals surface area (Å²) in [5.74, 6) is -0.339. The number of rotatable bonds is 12. The molecule has 5 aromatic rings. The zero-order valence-electron chi connectivity index (χ0n) is 27.2. The highest BCUT2D eigenvalue weighted by Crippen LogP contribution is 2.29. The summed E-state index contributed by atoms with van der Waals surface area (Å²) in [5.41, 5.74) is 9.00. The van der Waals surface area contributed by atoms with E-state index >= 15 is 0 Å². The van der Waals surface area contributed by atoms with Crippen molar-refractivity contribution in [2.24, 2.45) is 5.41 Å². The molecule has 0 fully saturated rings. The standard InChI is InChI=1S/C40H42FN3O2/c1-27-31(14-20-39(46)42-22-21-40(2,3)4)24-33-25-32(13-19-37(33)44-27)36-8-6-5-7-29(36)12-18-35-17-9-28(26-43-35)23-38(45)30-10-15-34(41)16-11-30/h5-11,13,15-17,19,24-26H,12,14,18,20-23H2,1-4H3,(H,42,46). The van der Waals surface area contributed by atoms with Gasteiger partial charge in [-0.15, -0.1) is 0 Å². The molecule has 0 atom stereocenters. The lowest BCUT2D eigenvalue weighted by Crippen LogP contribution is -2.27. The Kier molecular flexibility index (Phi) is 10.4. The molecule has 2 heterocycles. The van der Waals surface area contributed by atoms with Crippen LogP contribution in [-0.2, 0) is 30.5 Å².